The van der Waals surface area contributed by atoms with Crippen LogP contribution in [0.2, 0.25) is 0 Å². The van der Waals surface area contributed by atoms with Gasteiger partial charge in [-0.1, -0.05) is 0 Å². The van der Waals surface area contributed by atoms with Gasteiger partial charge in [-0.25, -0.2) is 4.79 Å². The number of likely N-dealkylation sites (tertiary alicyclic amines) is 1. The Bertz CT molecular complexity index is 1210. The first kappa shape index (κ1) is 24.7. The summed E-state index contributed by atoms with van der Waals surface area (Å²) < 4.78 is 3.17. The van der Waals surface area contributed by atoms with E-state index < -0.39 is 11.9 Å². The molecule has 2 aromatic rings. The molecule has 0 bridgehead atoms. The minimum absolute atomic E-state index is 0.216. The van der Waals surface area contributed by atoms with Crippen LogP contribution in [0.15, 0.2) is 23.0 Å². The highest BCUT2D eigenvalue weighted by molar-refractivity contribution is 6.00. The largest absolute Gasteiger partial charge is 0.371 e. The van der Waals surface area contributed by atoms with Gasteiger partial charge in [0.1, 0.15) is 6.04 Å². The minimum Gasteiger partial charge on any atom is -0.371 e. The number of benzene rings is 1. The smallest absolute Gasteiger partial charge is 0.329 e. The fourth-order valence-electron chi connectivity index (χ4n) is 7.03. The van der Waals surface area contributed by atoms with E-state index in [1.165, 1.54) is 64.8 Å². The summed E-state index contributed by atoms with van der Waals surface area (Å²) in [5.41, 5.74) is 2.48. The van der Waals surface area contributed by atoms with E-state index in [9.17, 15) is 14.4 Å². The molecule has 5 heterocycles. The van der Waals surface area contributed by atoms with Gasteiger partial charge in [-0.05, 0) is 94.7 Å². The number of imidazole rings is 1. The Morgan fingerprint density at radius 1 is 0.892 bits per heavy atom. The molecule has 1 atom stereocenters. The van der Waals surface area contributed by atoms with E-state index in [-0.39, 0.29) is 18.0 Å². The van der Waals surface area contributed by atoms with Crippen molar-refractivity contribution in [3.05, 3.63) is 28.7 Å². The first-order chi connectivity index (χ1) is 18.0. The number of piperidine rings is 3. The van der Waals surface area contributed by atoms with Crippen LogP contribution in [0.4, 0.5) is 5.69 Å². The van der Waals surface area contributed by atoms with Crippen molar-refractivity contribution in [3.63, 3.8) is 0 Å². The van der Waals surface area contributed by atoms with Gasteiger partial charge in [-0.2, -0.15) is 0 Å². The number of nitrogens with one attached hydrogen (secondary N) is 2. The zero-order valence-corrected chi connectivity index (χ0v) is 22.0. The first-order valence-electron chi connectivity index (χ1n) is 14.2. The summed E-state index contributed by atoms with van der Waals surface area (Å²) in [6, 6.07) is 5.45. The van der Waals surface area contributed by atoms with E-state index in [0.29, 0.717) is 12.3 Å². The molecule has 2 N–H and O–H groups in total. The van der Waals surface area contributed by atoms with Crippen molar-refractivity contribution in [3.8, 4) is 0 Å². The summed E-state index contributed by atoms with van der Waals surface area (Å²) in [5, 5.41) is 5.86. The highest BCUT2D eigenvalue weighted by Gasteiger charge is 2.33. The van der Waals surface area contributed by atoms with Crippen LogP contribution < -0.4 is 21.2 Å². The lowest BCUT2D eigenvalue weighted by Crippen LogP contribution is -2.52. The quantitative estimate of drug-likeness (QED) is 0.579. The number of amides is 2. The second kappa shape index (κ2) is 10.3. The number of imide groups is 1. The number of carbonyl (C=O) groups excluding carboxylic acids is 2. The van der Waals surface area contributed by atoms with Gasteiger partial charge in [0.2, 0.25) is 11.8 Å². The Morgan fingerprint density at radius 2 is 1.62 bits per heavy atom. The number of nitrogens with zero attached hydrogens (tertiary/aromatic N) is 4. The zero-order valence-electron chi connectivity index (χ0n) is 22.0. The summed E-state index contributed by atoms with van der Waals surface area (Å²) in [6.07, 6.45) is 7.48. The minimum atomic E-state index is -0.642. The van der Waals surface area contributed by atoms with Crippen molar-refractivity contribution in [1.82, 2.24) is 24.7 Å². The molecule has 6 rings (SSSR count). The van der Waals surface area contributed by atoms with Crippen molar-refractivity contribution in [2.45, 2.75) is 51.0 Å². The standard InChI is InChI=1S/C28H40N6O3/c1-31-25-15-22(2-3-23(25)34(28(31)37)24-4-5-26(35)30-27(24)36)33-17-21(18-33)16-32-12-8-20(9-13-32)14-19-6-10-29-11-7-19/h2-3,15,19-21,24,29H,4-14,16-18H2,1H3,(H,30,35,36). The number of carbonyl (C=O) groups is 2. The molecular formula is C28H40N6O3. The Kier molecular flexibility index (Phi) is 6.84. The van der Waals surface area contributed by atoms with Crippen LogP contribution >= 0.6 is 0 Å². The van der Waals surface area contributed by atoms with Crippen LogP contribution in [0.1, 0.15) is 51.0 Å². The van der Waals surface area contributed by atoms with Gasteiger partial charge in [-0.3, -0.25) is 24.0 Å². The average molecular weight is 509 g/mol. The molecule has 1 unspecified atom stereocenters. The molecule has 0 spiro atoms. The highest BCUT2D eigenvalue weighted by atomic mass is 16.2. The summed E-state index contributed by atoms with van der Waals surface area (Å²) in [7, 11) is 1.75. The number of hydrogen-bond acceptors (Lipinski definition) is 6. The molecule has 2 amide bonds. The van der Waals surface area contributed by atoms with Gasteiger partial charge in [0.15, 0.2) is 0 Å². The molecule has 200 valence electrons. The number of fused-ring (bicyclic) bond motifs is 1. The Hall–Kier alpha value is -2.65. The summed E-state index contributed by atoms with van der Waals surface area (Å²) in [6.45, 7) is 8.17. The van der Waals surface area contributed by atoms with Crippen molar-refractivity contribution >= 4 is 28.5 Å². The molecular weight excluding hydrogens is 468 g/mol. The van der Waals surface area contributed by atoms with Crippen molar-refractivity contribution < 1.29 is 9.59 Å². The summed E-state index contributed by atoms with van der Waals surface area (Å²) in [5.74, 6) is 1.88. The maximum Gasteiger partial charge on any atom is 0.329 e. The first-order valence-corrected chi connectivity index (χ1v) is 14.2. The molecule has 1 aromatic heterocycles. The predicted octanol–water partition coefficient (Wildman–Crippen LogP) is 1.86. The van der Waals surface area contributed by atoms with E-state index >= 15 is 0 Å². The molecule has 0 radical (unpaired) electrons. The van der Waals surface area contributed by atoms with Crippen LogP contribution in [-0.2, 0) is 16.6 Å². The zero-order chi connectivity index (χ0) is 25.5. The highest BCUT2D eigenvalue weighted by Crippen LogP contribution is 2.32. The Labute approximate surface area is 218 Å². The van der Waals surface area contributed by atoms with E-state index in [1.54, 1.807) is 16.2 Å². The van der Waals surface area contributed by atoms with Gasteiger partial charge in [0, 0.05) is 44.7 Å². The normalized spacial score (nSPS) is 25.0. The van der Waals surface area contributed by atoms with Gasteiger partial charge in [0.05, 0.1) is 11.0 Å². The molecule has 4 aliphatic heterocycles. The van der Waals surface area contributed by atoms with Gasteiger partial charge >= 0.3 is 5.69 Å². The third-order valence-corrected chi connectivity index (χ3v) is 9.27. The van der Waals surface area contributed by atoms with Crippen LogP contribution in [0.25, 0.3) is 11.0 Å². The van der Waals surface area contributed by atoms with E-state index in [1.807, 2.05) is 6.07 Å². The number of rotatable bonds is 6. The second-order valence-corrected chi connectivity index (χ2v) is 11.8. The van der Waals surface area contributed by atoms with E-state index in [0.717, 1.165) is 41.6 Å². The fourth-order valence-corrected chi connectivity index (χ4v) is 7.03. The maximum atomic E-state index is 13.0. The van der Waals surface area contributed by atoms with Crippen molar-refractivity contribution in [1.29, 1.82) is 0 Å². The van der Waals surface area contributed by atoms with Crippen LogP contribution in [0.5, 0.6) is 0 Å². The number of anilines is 1. The van der Waals surface area contributed by atoms with Crippen LogP contribution in [-0.4, -0.2) is 71.7 Å². The predicted molar refractivity (Wildman–Crippen MR) is 144 cm³/mol. The van der Waals surface area contributed by atoms with Gasteiger partial charge in [0.25, 0.3) is 0 Å². The second-order valence-electron chi connectivity index (χ2n) is 11.8. The van der Waals surface area contributed by atoms with Crippen molar-refractivity contribution in [2.24, 2.45) is 24.8 Å². The third-order valence-electron chi connectivity index (χ3n) is 9.27. The van der Waals surface area contributed by atoms with Gasteiger partial charge < -0.3 is 15.1 Å². The maximum absolute atomic E-state index is 13.0. The monoisotopic (exact) mass is 508 g/mol. The lowest BCUT2D eigenvalue weighted by Gasteiger charge is -2.44. The summed E-state index contributed by atoms with van der Waals surface area (Å²) >= 11 is 0. The van der Waals surface area contributed by atoms with E-state index in [4.69, 9.17) is 0 Å². The number of hydrogen-bond donors (Lipinski definition) is 2. The van der Waals surface area contributed by atoms with Crippen LogP contribution in [0, 0.1) is 17.8 Å². The number of aryl methyl sites for hydroxylation is 1. The van der Waals surface area contributed by atoms with Crippen LogP contribution in [0.3, 0.4) is 0 Å². The third kappa shape index (κ3) is 4.95. The molecule has 9 heteroatoms. The SMILES string of the molecule is Cn1c(=O)n(C2CCC(=O)NC2=O)c2ccc(N3CC(CN4CCC(CC5CCNCC5)CC4)C3)cc21. The average Bonchev–Trinajstić information content (AvgIpc) is 3.12. The Balaban J connectivity index is 1.04. The Morgan fingerprint density at radius 3 is 2.35 bits per heavy atom. The molecule has 4 aliphatic rings. The van der Waals surface area contributed by atoms with Crippen molar-refractivity contribution in [2.75, 3.05) is 50.7 Å². The molecule has 1 aromatic carbocycles. The fraction of sp³-hybridized carbons (Fsp3) is 0.679. The van der Waals surface area contributed by atoms with E-state index in [2.05, 4.69) is 32.6 Å². The molecule has 0 aliphatic carbocycles. The molecule has 0 saturated carbocycles. The molecule has 4 fully saturated rings. The number of aromatic nitrogens is 2. The lowest BCUT2D eigenvalue weighted by atomic mass is 9.83. The topological polar surface area (TPSA) is 91.6 Å². The molecule has 37 heavy (non-hydrogen) atoms. The van der Waals surface area contributed by atoms with Gasteiger partial charge in [-0.15, -0.1) is 0 Å². The summed E-state index contributed by atoms with van der Waals surface area (Å²) in [4.78, 5) is 42.1. The molecule has 4 saturated heterocycles. The molecule has 9 nitrogen and oxygen atoms in total. The lowest BCUT2D eigenvalue weighted by molar-refractivity contribution is -0.135.